The van der Waals surface area contributed by atoms with Gasteiger partial charge in [-0.3, -0.25) is 0 Å². The minimum absolute atomic E-state index is 0.0894. The first-order chi connectivity index (χ1) is 23.0. The van der Waals surface area contributed by atoms with Gasteiger partial charge >= 0.3 is 11.6 Å². The number of esters is 1. The monoisotopic (exact) mass is 656 g/mol. The van der Waals surface area contributed by atoms with Gasteiger partial charge in [-0.2, -0.15) is 0 Å². The maximum Gasteiger partial charge on any atom is 0.344 e. The highest BCUT2D eigenvalue weighted by Gasteiger charge is 2.59. The van der Waals surface area contributed by atoms with E-state index in [1.54, 1.807) is 5.57 Å². The summed E-state index contributed by atoms with van der Waals surface area (Å²) in [6, 6.07) is 3.85. The van der Waals surface area contributed by atoms with Crippen LogP contribution in [-0.4, -0.2) is 18.7 Å². The number of carbonyl (C=O) groups excluding carboxylic acids is 1. The van der Waals surface area contributed by atoms with Crippen molar-refractivity contribution in [2.24, 2.45) is 46.3 Å². The van der Waals surface area contributed by atoms with Gasteiger partial charge in [-0.05, 0) is 147 Å². The third-order valence-corrected chi connectivity index (χ3v) is 14.3. The highest BCUT2D eigenvalue weighted by molar-refractivity contribution is 5.89. The Morgan fingerprint density at radius 2 is 1.77 bits per heavy atom. The fourth-order valence-corrected chi connectivity index (χ4v) is 11.9. The Hall–Kier alpha value is -2.56. The van der Waals surface area contributed by atoms with Crippen molar-refractivity contribution in [2.75, 3.05) is 6.61 Å². The van der Waals surface area contributed by atoms with Gasteiger partial charge in [-0.1, -0.05) is 65.5 Å². The van der Waals surface area contributed by atoms with Crippen molar-refractivity contribution in [3.05, 3.63) is 50.9 Å². The first-order valence-electron chi connectivity index (χ1n) is 19.6. The average molecular weight is 657 g/mol. The van der Waals surface area contributed by atoms with Crippen LogP contribution in [0.25, 0.3) is 11.0 Å². The van der Waals surface area contributed by atoms with Crippen molar-refractivity contribution in [1.29, 1.82) is 0 Å². The molecule has 262 valence electrons. The smallest absolute Gasteiger partial charge is 0.344 e. The minimum Gasteiger partial charge on any atom is -0.481 e. The van der Waals surface area contributed by atoms with Crippen LogP contribution in [-0.2, 0) is 22.4 Å². The highest BCUT2D eigenvalue weighted by atomic mass is 16.6. The molecule has 48 heavy (non-hydrogen) atoms. The zero-order valence-electron chi connectivity index (χ0n) is 30.6. The fraction of sp³-hybridized carbons (Fsp3) is 0.721. The first kappa shape index (κ1) is 33.9. The van der Waals surface area contributed by atoms with Gasteiger partial charge in [0.25, 0.3) is 0 Å². The Balaban J connectivity index is 0.991. The molecular formula is C43H60O5. The summed E-state index contributed by atoms with van der Waals surface area (Å²) in [5.74, 6) is 5.25. The number of fused-ring (bicyclic) bond motifs is 8. The minimum atomic E-state index is -0.313. The molecular weight excluding hydrogens is 596 g/mol. The summed E-state index contributed by atoms with van der Waals surface area (Å²) in [5, 5.41) is 0.843. The van der Waals surface area contributed by atoms with Gasteiger partial charge in [0.15, 0.2) is 6.61 Å². The van der Waals surface area contributed by atoms with E-state index in [2.05, 4.69) is 40.7 Å². The quantitative estimate of drug-likeness (QED) is 0.153. The van der Waals surface area contributed by atoms with E-state index in [9.17, 15) is 9.59 Å². The van der Waals surface area contributed by atoms with Crippen LogP contribution in [0.4, 0.5) is 0 Å². The van der Waals surface area contributed by atoms with Crippen LogP contribution in [0.3, 0.4) is 0 Å². The molecule has 0 spiro atoms. The molecule has 5 aliphatic rings. The van der Waals surface area contributed by atoms with Crippen molar-refractivity contribution in [3.63, 3.8) is 0 Å². The van der Waals surface area contributed by atoms with Gasteiger partial charge in [0.1, 0.15) is 17.4 Å². The van der Waals surface area contributed by atoms with Gasteiger partial charge < -0.3 is 13.9 Å². The van der Waals surface area contributed by atoms with E-state index in [0.29, 0.717) is 16.7 Å². The lowest BCUT2D eigenvalue weighted by Gasteiger charge is -2.58. The number of benzene rings is 1. The van der Waals surface area contributed by atoms with Gasteiger partial charge in [0, 0.05) is 12.0 Å². The molecule has 3 fully saturated rings. The number of hydrogen-bond acceptors (Lipinski definition) is 5. The molecule has 5 nitrogen and oxygen atoms in total. The SMILES string of the molecule is Cc1cc(OCC(=O)O[C@H]2CC[C@@]3(C)C(=CC[C@@H]4[C@H]3CC[C@]3(C)[C@@H]([C@H](C)CCCC(C)C)CC[C@@H]43)C2)c2c3c(c(=O)oc2c1)CCCC3. The second-order valence-corrected chi connectivity index (χ2v) is 17.6. The number of hydrogen-bond donors (Lipinski definition) is 0. The van der Waals surface area contributed by atoms with Crippen molar-refractivity contribution in [3.8, 4) is 5.75 Å². The standard InChI is InChI=1S/C43H60O5/c1-26(2)10-9-11-28(4)34-16-17-35-33-15-14-29-24-30(18-20-42(29,5)36(33)19-21-43(34,35)6)47-39(44)25-46-37-22-27(3)23-38-40(37)31-12-7-8-13-32(31)41(45)48-38/h14,22-23,26,28,30,33-36H,7-13,15-21,24-25H2,1-6H3/t28-,30+,33+,34-,35+,36-,42+,43-/m1/s1. The molecule has 0 saturated heterocycles. The lowest BCUT2D eigenvalue weighted by Crippen LogP contribution is -2.51. The van der Waals surface area contributed by atoms with Gasteiger partial charge in [0.2, 0.25) is 0 Å². The summed E-state index contributed by atoms with van der Waals surface area (Å²) in [6.45, 7) is 14.3. The predicted octanol–water partition coefficient (Wildman–Crippen LogP) is 10.3. The molecule has 0 radical (unpaired) electrons. The third-order valence-electron chi connectivity index (χ3n) is 14.3. The zero-order valence-corrected chi connectivity index (χ0v) is 30.6. The summed E-state index contributed by atoms with van der Waals surface area (Å²) in [7, 11) is 0. The Kier molecular flexibility index (Phi) is 9.39. The molecule has 1 aromatic heterocycles. The second kappa shape index (κ2) is 13.3. The van der Waals surface area contributed by atoms with Crippen LogP contribution in [0, 0.1) is 53.3 Å². The Morgan fingerprint density at radius 3 is 2.56 bits per heavy atom. The molecule has 8 atom stereocenters. The molecule has 1 aromatic carbocycles. The normalized spacial score (nSPS) is 33.3. The van der Waals surface area contributed by atoms with Crippen molar-refractivity contribution >= 4 is 16.9 Å². The van der Waals surface area contributed by atoms with Crippen molar-refractivity contribution in [2.45, 2.75) is 144 Å². The molecule has 0 aliphatic heterocycles. The van der Waals surface area contributed by atoms with Gasteiger partial charge in [0.05, 0.1) is 5.39 Å². The van der Waals surface area contributed by atoms with E-state index in [1.165, 1.54) is 51.4 Å². The van der Waals surface area contributed by atoms with E-state index < -0.39 is 0 Å². The van der Waals surface area contributed by atoms with E-state index >= 15 is 0 Å². The number of aryl methyl sites for hydroxylation is 2. The van der Waals surface area contributed by atoms with Gasteiger partial charge in [-0.25, -0.2) is 9.59 Å². The molecule has 0 bridgehead atoms. The van der Waals surface area contributed by atoms with Crippen molar-refractivity contribution < 1.29 is 18.7 Å². The highest BCUT2D eigenvalue weighted by Crippen LogP contribution is 2.67. The summed E-state index contributed by atoms with van der Waals surface area (Å²) >= 11 is 0. The van der Waals surface area contributed by atoms with Crippen LogP contribution in [0.15, 0.2) is 33.0 Å². The molecule has 0 unspecified atom stereocenters. The summed E-state index contributed by atoms with van der Waals surface area (Å²) in [6.07, 6.45) is 19.9. The van der Waals surface area contributed by atoms with E-state index in [1.807, 2.05) is 19.1 Å². The van der Waals surface area contributed by atoms with Crippen LogP contribution in [0.5, 0.6) is 5.75 Å². The molecule has 7 rings (SSSR count). The molecule has 1 heterocycles. The number of carbonyl (C=O) groups is 1. The first-order valence-corrected chi connectivity index (χ1v) is 19.6. The third kappa shape index (κ3) is 6.08. The lowest BCUT2D eigenvalue weighted by molar-refractivity contribution is -0.153. The largest absolute Gasteiger partial charge is 0.481 e. The van der Waals surface area contributed by atoms with E-state index in [4.69, 9.17) is 13.9 Å². The van der Waals surface area contributed by atoms with Crippen molar-refractivity contribution in [1.82, 2.24) is 0 Å². The Bertz CT molecular complexity index is 1610. The maximum absolute atomic E-state index is 13.2. The number of ether oxygens (including phenoxy) is 2. The van der Waals surface area contributed by atoms with E-state index in [-0.39, 0.29) is 29.7 Å². The van der Waals surface area contributed by atoms with Gasteiger partial charge in [-0.15, -0.1) is 0 Å². The fourth-order valence-electron chi connectivity index (χ4n) is 11.9. The molecule has 5 aliphatic carbocycles. The van der Waals surface area contributed by atoms with Crippen LogP contribution in [0.1, 0.15) is 135 Å². The lowest BCUT2D eigenvalue weighted by atomic mass is 9.47. The van der Waals surface area contributed by atoms with Crippen LogP contribution < -0.4 is 10.4 Å². The summed E-state index contributed by atoms with van der Waals surface area (Å²) in [5.41, 5.74) is 5.31. The topological polar surface area (TPSA) is 65.7 Å². The molecule has 0 amide bonds. The average Bonchev–Trinajstić information content (AvgIpc) is 3.41. The Morgan fingerprint density at radius 1 is 0.979 bits per heavy atom. The predicted molar refractivity (Wildman–Crippen MR) is 192 cm³/mol. The van der Waals surface area contributed by atoms with Crippen LogP contribution in [0.2, 0.25) is 0 Å². The molecule has 5 heteroatoms. The molecule has 0 N–H and O–H groups in total. The molecule has 2 aromatic rings. The number of rotatable bonds is 9. The number of allylic oxidation sites excluding steroid dienone is 1. The molecule has 3 saturated carbocycles. The zero-order chi connectivity index (χ0) is 33.8. The summed E-state index contributed by atoms with van der Waals surface area (Å²) in [4.78, 5) is 25.9. The Labute approximate surface area is 288 Å². The van der Waals surface area contributed by atoms with Crippen LogP contribution >= 0.6 is 0 Å². The maximum atomic E-state index is 13.2. The second-order valence-electron chi connectivity index (χ2n) is 17.6. The summed E-state index contributed by atoms with van der Waals surface area (Å²) < 4.78 is 18.0. The van der Waals surface area contributed by atoms with E-state index in [0.717, 1.165) is 103 Å².